The number of carbonyl (C=O) groups excluding carboxylic acids is 2. The average Bonchev–Trinajstić information content (AvgIpc) is 2.82. The molecule has 0 aliphatic carbocycles. The number of aromatic amines is 1. The molecule has 1 aromatic carbocycles. The number of H-pyrrole nitrogens is 1. The van der Waals surface area contributed by atoms with Gasteiger partial charge in [-0.3, -0.25) is 14.7 Å². The lowest BCUT2D eigenvalue weighted by Crippen LogP contribution is -2.22. The van der Waals surface area contributed by atoms with Gasteiger partial charge in [0, 0.05) is 5.56 Å². The van der Waals surface area contributed by atoms with Crippen LogP contribution >= 0.6 is 0 Å². The molecule has 0 unspecified atom stereocenters. The second kappa shape index (κ2) is 5.87. The van der Waals surface area contributed by atoms with E-state index in [4.69, 9.17) is 10.5 Å². The molecule has 0 aliphatic rings. The SMILES string of the molecule is Cc1cn[nH]c1NC(=O)COc1ccccc1C(N)=O. The molecule has 2 aromatic rings. The fourth-order valence-electron chi connectivity index (χ4n) is 1.59. The molecule has 0 bridgehead atoms. The van der Waals surface area contributed by atoms with Crippen LogP contribution in [-0.4, -0.2) is 28.6 Å². The number of hydrogen-bond donors (Lipinski definition) is 3. The maximum absolute atomic E-state index is 11.7. The highest BCUT2D eigenvalue weighted by Gasteiger charge is 2.11. The van der Waals surface area contributed by atoms with Crippen molar-refractivity contribution in [3.8, 4) is 5.75 Å². The number of nitrogens with one attached hydrogen (secondary N) is 2. The number of ether oxygens (including phenoxy) is 1. The molecule has 0 atom stereocenters. The Labute approximate surface area is 115 Å². The van der Waals surface area contributed by atoms with E-state index in [9.17, 15) is 9.59 Å². The quantitative estimate of drug-likeness (QED) is 0.750. The number of benzene rings is 1. The van der Waals surface area contributed by atoms with Crippen molar-refractivity contribution >= 4 is 17.6 Å². The van der Waals surface area contributed by atoms with Crippen LogP contribution in [0.4, 0.5) is 5.82 Å². The Hall–Kier alpha value is -2.83. The third kappa shape index (κ3) is 3.14. The van der Waals surface area contributed by atoms with Crippen molar-refractivity contribution in [2.75, 3.05) is 11.9 Å². The molecule has 20 heavy (non-hydrogen) atoms. The first kappa shape index (κ1) is 13.6. The molecular weight excluding hydrogens is 260 g/mol. The highest BCUT2D eigenvalue weighted by atomic mass is 16.5. The van der Waals surface area contributed by atoms with Crippen LogP contribution in [0.15, 0.2) is 30.5 Å². The number of para-hydroxylation sites is 1. The second-order valence-electron chi connectivity index (χ2n) is 4.13. The molecule has 0 aliphatic heterocycles. The van der Waals surface area contributed by atoms with Crippen LogP contribution in [0.2, 0.25) is 0 Å². The fourth-order valence-corrected chi connectivity index (χ4v) is 1.59. The zero-order chi connectivity index (χ0) is 14.5. The summed E-state index contributed by atoms with van der Waals surface area (Å²) in [7, 11) is 0. The van der Waals surface area contributed by atoms with Crippen molar-refractivity contribution in [1.29, 1.82) is 0 Å². The van der Waals surface area contributed by atoms with Gasteiger partial charge in [0.1, 0.15) is 11.6 Å². The molecule has 0 saturated carbocycles. The van der Waals surface area contributed by atoms with Crippen molar-refractivity contribution < 1.29 is 14.3 Å². The number of primary amides is 1. The summed E-state index contributed by atoms with van der Waals surface area (Å²) in [6.07, 6.45) is 1.60. The molecule has 1 heterocycles. The number of carbonyl (C=O) groups is 2. The Bertz CT molecular complexity index is 636. The topological polar surface area (TPSA) is 110 Å². The Morgan fingerprint density at radius 1 is 1.40 bits per heavy atom. The van der Waals surface area contributed by atoms with E-state index >= 15 is 0 Å². The van der Waals surface area contributed by atoms with Gasteiger partial charge in [-0.1, -0.05) is 12.1 Å². The summed E-state index contributed by atoms with van der Waals surface area (Å²) in [6, 6.07) is 6.48. The number of nitrogens with two attached hydrogens (primary N) is 1. The van der Waals surface area contributed by atoms with Gasteiger partial charge in [0.25, 0.3) is 11.8 Å². The third-order valence-electron chi connectivity index (χ3n) is 2.60. The van der Waals surface area contributed by atoms with Crippen molar-refractivity contribution in [2.24, 2.45) is 5.73 Å². The first-order valence-electron chi connectivity index (χ1n) is 5.89. The monoisotopic (exact) mass is 274 g/mol. The van der Waals surface area contributed by atoms with E-state index in [1.807, 2.05) is 6.92 Å². The normalized spacial score (nSPS) is 10.1. The summed E-state index contributed by atoms with van der Waals surface area (Å²) in [5, 5.41) is 9.05. The lowest BCUT2D eigenvalue weighted by Gasteiger charge is -2.09. The maximum atomic E-state index is 11.7. The largest absolute Gasteiger partial charge is 0.483 e. The molecule has 7 nitrogen and oxygen atoms in total. The molecule has 0 fully saturated rings. The fraction of sp³-hybridized carbons (Fsp3) is 0.154. The van der Waals surface area contributed by atoms with Crippen molar-refractivity contribution in [2.45, 2.75) is 6.92 Å². The van der Waals surface area contributed by atoms with Gasteiger partial charge in [-0.2, -0.15) is 5.10 Å². The van der Waals surface area contributed by atoms with Gasteiger partial charge in [0.05, 0.1) is 11.8 Å². The van der Waals surface area contributed by atoms with Crippen LogP contribution in [0.25, 0.3) is 0 Å². The van der Waals surface area contributed by atoms with E-state index < -0.39 is 5.91 Å². The molecule has 1 aromatic heterocycles. The molecule has 2 rings (SSSR count). The zero-order valence-corrected chi connectivity index (χ0v) is 10.8. The van der Waals surface area contributed by atoms with E-state index in [0.717, 1.165) is 5.56 Å². The minimum Gasteiger partial charge on any atom is -0.483 e. The van der Waals surface area contributed by atoms with E-state index in [1.54, 1.807) is 24.4 Å². The molecule has 4 N–H and O–H groups in total. The summed E-state index contributed by atoms with van der Waals surface area (Å²) in [5.41, 5.74) is 6.27. The number of anilines is 1. The van der Waals surface area contributed by atoms with Gasteiger partial charge in [0.15, 0.2) is 6.61 Å². The van der Waals surface area contributed by atoms with Gasteiger partial charge in [-0.05, 0) is 19.1 Å². The Morgan fingerprint density at radius 2 is 2.15 bits per heavy atom. The number of aromatic nitrogens is 2. The lowest BCUT2D eigenvalue weighted by atomic mass is 10.2. The summed E-state index contributed by atoms with van der Waals surface area (Å²) in [6.45, 7) is 1.57. The Balaban J connectivity index is 1.97. The summed E-state index contributed by atoms with van der Waals surface area (Å²) in [5.74, 6) is -0.180. The summed E-state index contributed by atoms with van der Waals surface area (Å²) >= 11 is 0. The highest BCUT2D eigenvalue weighted by Crippen LogP contribution is 2.17. The van der Waals surface area contributed by atoms with E-state index in [1.165, 1.54) is 6.07 Å². The van der Waals surface area contributed by atoms with E-state index in [-0.39, 0.29) is 23.8 Å². The predicted molar refractivity (Wildman–Crippen MR) is 72.4 cm³/mol. The third-order valence-corrected chi connectivity index (χ3v) is 2.60. The number of aryl methyl sites for hydroxylation is 1. The van der Waals surface area contributed by atoms with Crippen molar-refractivity contribution in [3.05, 3.63) is 41.6 Å². The minimum atomic E-state index is -0.606. The van der Waals surface area contributed by atoms with Gasteiger partial charge in [-0.15, -0.1) is 0 Å². The summed E-state index contributed by atoms with van der Waals surface area (Å²) < 4.78 is 5.30. The first-order valence-corrected chi connectivity index (χ1v) is 5.89. The lowest BCUT2D eigenvalue weighted by molar-refractivity contribution is -0.118. The van der Waals surface area contributed by atoms with Gasteiger partial charge in [0.2, 0.25) is 0 Å². The molecule has 2 amide bonds. The zero-order valence-electron chi connectivity index (χ0n) is 10.8. The molecule has 104 valence electrons. The van der Waals surface area contributed by atoms with Gasteiger partial charge >= 0.3 is 0 Å². The second-order valence-corrected chi connectivity index (χ2v) is 4.13. The summed E-state index contributed by atoms with van der Waals surface area (Å²) in [4.78, 5) is 22.9. The van der Waals surface area contributed by atoms with Crippen molar-refractivity contribution in [3.63, 3.8) is 0 Å². The van der Waals surface area contributed by atoms with Crippen LogP contribution in [0, 0.1) is 6.92 Å². The number of amides is 2. The van der Waals surface area contributed by atoms with E-state index in [0.29, 0.717) is 5.82 Å². The van der Waals surface area contributed by atoms with Crippen LogP contribution < -0.4 is 15.8 Å². The standard InChI is InChI=1S/C13H14N4O3/c1-8-6-15-17-13(8)16-11(18)7-20-10-5-3-2-4-9(10)12(14)19/h2-6H,7H2,1H3,(H2,14,19)(H2,15,16,17,18). The number of nitrogens with zero attached hydrogens (tertiary/aromatic N) is 1. The molecule has 0 radical (unpaired) electrons. The molecule has 7 heteroatoms. The molecule has 0 saturated heterocycles. The van der Waals surface area contributed by atoms with Crippen LogP contribution in [0.3, 0.4) is 0 Å². The van der Waals surface area contributed by atoms with E-state index in [2.05, 4.69) is 15.5 Å². The minimum absolute atomic E-state index is 0.233. The smallest absolute Gasteiger partial charge is 0.263 e. The number of hydrogen-bond acceptors (Lipinski definition) is 4. The maximum Gasteiger partial charge on any atom is 0.263 e. The average molecular weight is 274 g/mol. The van der Waals surface area contributed by atoms with Crippen molar-refractivity contribution in [1.82, 2.24) is 10.2 Å². The Morgan fingerprint density at radius 3 is 2.80 bits per heavy atom. The predicted octanol–water partition coefficient (Wildman–Crippen LogP) is 0.835. The van der Waals surface area contributed by atoms with Crippen LogP contribution in [0.1, 0.15) is 15.9 Å². The number of rotatable bonds is 5. The van der Waals surface area contributed by atoms with Crippen LogP contribution in [0.5, 0.6) is 5.75 Å². The Kier molecular flexibility index (Phi) is 3.99. The molecular formula is C13H14N4O3. The van der Waals surface area contributed by atoms with Gasteiger partial charge in [-0.25, -0.2) is 0 Å². The van der Waals surface area contributed by atoms with Crippen LogP contribution in [-0.2, 0) is 4.79 Å². The first-order chi connectivity index (χ1) is 9.58. The highest BCUT2D eigenvalue weighted by molar-refractivity contribution is 5.96. The van der Waals surface area contributed by atoms with Gasteiger partial charge < -0.3 is 15.8 Å². The molecule has 0 spiro atoms.